The average Bonchev–Trinajstić information content (AvgIpc) is 2.97. The Morgan fingerprint density at radius 1 is 1.50 bits per heavy atom. The molecule has 20 heavy (non-hydrogen) atoms. The van der Waals surface area contributed by atoms with Crippen LogP contribution in [0.1, 0.15) is 51.0 Å². The SMILES string of the molecule is CCN(CC1CCCO1)c1cnc(C(C)C)nc1CN. The van der Waals surface area contributed by atoms with Crippen molar-refractivity contribution in [2.45, 2.75) is 52.2 Å². The minimum Gasteiger partial charge on any atom is -0.376 e. The van der Waals surface area contributed by atoms with Gasteiger partial charge in [0.25, 0.3) is 0 Å². The Morgan fingerprint density at radius 3 is 2.85 bits per heavy atom. The van der Waals surface area contributed by atoms with Gasteiger partial charge in [0.05, 0.1) is 23.7 Å². The van der Waals surface area contributed by atoms with E-state index in [9.17, 15) is 0 Å². The van der Waals surface area contributed by atoms with Crippen molar-refractivity contribution < 1.29 is 4.74 Å². The van der Waals surface area contributed by atoms with Crippen LogP contribution in [0.2, 0.25) is 0 Å². The van der Waals surface area contributed by atoms with Crippen LogP contribution in [0.25, 0.3) is 0 Å². The minimum absolute atomic E-state index is 0.322. The molecule has 0 aliphatic carbocycles. The molecule has 2 heterocycles. The van der Waals surface area contributed by atoms with Crippen LogP contribution in [0.4, 0.5) is 5.69 Å². The number of rotatable bonds is 6. The summed E-state index contributed by atoms with van der Waals surface area (Å²) in [5.74, 6) is 1.19. The number of nitrogens with zero attached hydrogens (tertiary/aromatic N) is 3. The van der Waals surface area contributed by atoms with Crippen molar-refractivity contribution in [3.05, 3.63) is 17.7 Å². The highest BCUT2D eigenvalue weighted by atomic mass is 16.5. The molecule has 1 atom stereocenters. The summed E-state index contributed by atoms with van der Waals surface area (Å²) in [6.07, 6.45) is 4.54. The highest BCUT2D eigenvalue weighted by molar-refractivity contribution is 5.49. The van der Waals surface area contributed by atoms with Crippen molar-refractivity contribution in [3.63, 3.8) is 0 Å². The Labute approximate surface area is 121 Å². The van der Waals surface area contributed by atoms with E-state index in [1.54, 1.807) is 0 Å². The fraction of sp³-hybridized carbons (Fsp3) is 0.733. The summed E-state index contributed by atoms with van der Waals surface area (Å²) in [4.78, 5) is 11.4. The summed E-state index contributed by atoms with van der Waals surface area (Å²) < 4.78 is 5.73. The highest BCUT2D eigenvalue weighted by Gasteiger charge is 2.21. The molecule has 112 valence electrons. The van der Waals surface area contributed by atoms with Crippen LogP contribution in [0, 0.1) is 0 Å². The van der Waals surface area contributed by atoms with Crippen LogP contribution in [0.5, 0.6) is 0 Å². The molecule has 1 aliphatic rings. The van der Waals surface area contributed by atoms with Gasteiger partial charge in [-0.15, -0.1) is 0 Å². The molecule has 5 nitrogen and oxygen atoms in total. The first-order valence-corrected chi connectivity index (χ1v) is 7.58. The Balaban J connectivity index is 2.19. The van der Waals surface area contributed by atoms with Gasteiger partial charge < -0.3 is 15.4 Å². The summed E-state index contributed by atoms with van der Waals surface area (Å²) >= 11 is 0. The fourth-order valence-electron chi connectivity index (χ4n) is 2.55. The van der Waals surface area contributed by atoms with Gasteiger partial charge in [0.1, 0.15) is 5.82 Å². The van der Waals surface area contributed by atoms with Crippen molar-refractivity contribution in [1.29, 1.82) is 0 Å². The molecule has 0 aromatic carbocycles. The number of aromatic nitrogens is 2. The molecule has 1 aromatic rings. The van der Waals surface area contributed by atoms with Crippen molar-refractivity contribution in [3.8, 4) is 0 Å². The molecule has 1 fully saturated rings. The predicted molar refractivity (Wildman–Crippen MR) is 80.9 cm³/mol. The van der Waals surface area contributed by atoms with Gasteiger partial charge in [0.15, 0.2) is 0 Å². The van der Waals surface area contributed by atoms with Crippen molar-refractivity contribution in [2.24, 2.45) is 5.73 Å². The number of likely N-dealkylation sites (N-methyl/N-ethyl adjacent to an activating group) is 1. The third-order valence-electron chi connectivity index (χ3n) is 3.74. The third kappa shape index (κ3) is 3.46. The zero-order valence-electron chi connectivity index (χ0n) is 12.8. The Bertz CT molecular complexity index is 430. The van der Waals surface area contributed by atoms with E-state index in [4.69, 9.17) is 10.5 Å². The van der Waals surface area contributed by atoms with Gasteiger partial charge in [-0.2, -0.15) is 0 Å². The second-order valence-corrected chi connectivity index (χ2v) is 5.59. The molecular formula is C15H26N4O. The standard InChI is InChI=1S/C15H26N4O/c1-4-19(10-12-6-5-7-20-12)14-9-17-15(11(2)3)18-13(14)8-16/h9,11-12H,4-8,10,16H2,1-3H3. The number of anilines is 1. The van der Waals surface area contributed by atoms with Gasteiger partial charge in [0, 0.05) is 32.2 Å². The molecule has 0 saturated carbocycles. The van der Waals surface area contributed by atoms with Crippen LogP contribution < -0.4 is 10.6 Å². The van der Waals surface area contributed by atoms with Crippen LogP contribution >= 0.6 is 0 Å². The summed E-state index contributed by atoms with van der Waals surface area (Å²) in [5, 5.41) is 0. The van der Waals surface area contributed by atoms with Crippen molar-refractivity contribution >= 4 is 5.69 Å². The molecule has 5 heteroatoms. The van der Waals surface area contributed by atoms with Crippen LogP contribution in [-0.2, 0) is 11.3 Å². The summed E-state index contributed by atoms with van der Waals surface area (Å²) in [7, 11) is 0. The highest BCUT2D eigenvalue weighted by Crippen LogP contribution is 2.22. The average molecular weight is 278 g/mol. The molecule has 1 saturated heterocycles. The molecule has 0 spiro atoms. The van der Waals surface area contributed by atoms with E-state index in [1.165, 1.54) is 0 Å². The van der Waals surface area contributed by atoms with Gasteiger partial charge >= 0.3 is 0 Å². The summed E-state index contributed by atoms with van der Waals surface area (Å²) in [6, 6.07) is 0. The number of hydrogen-bond donors (Lipinski definition) is 1. The maximum Gasteiger partial charge on any atom is 0.131 e. The Kier molecular flexibility index (Phi) is 5.31. The lowest BCUT2D eigenvalue weighted by molar-refractivity contribution is 0.115. The number of hydrogen-bond acceptors (Lipinski definition) is 5. The number of nitrogens with two attached hydrogens (primary N) is 1. The second-order valence-electron chi connectivity index (χ2n) is 5.59. The normalized spacial score (nSPS) is 18.8. The van der Waals surface area contributed by atoms with Crippen LogP contribution in [0.15, 0.2) is 6.20 Å². The lowest BCUT2D eigenvalue weighted by Gasteiger charge is -2.27. The van der Waals surface area contributed by atoms with Crippen molar-refractivity contribution in [1.82, 2.24) is 9.97 Å². The first-order chi connectivity index (χ1) is 9.65. The monoisotopic (exact) mass is 278 g/mol. The predicted octanol–water partition coefficient (Wildman–Crippen LogP) is 2.06. The van der Waals surface area contributed by atoms with Gasteiger partial charge in [-0.1, -0.05) is 13.8 Å². The Morgan fingerprint density at radius 2 is 2.30 bits per heavy atom. The van der Waals surface area contributed by atoms with Gasteiger partial charge in [-0.25, -0.2) is 9.97 Å². The van der Waals surface area contributed by atoms with E-state index < -0.39 is 0 Å². The summed E-state index contributed by atoms with van der Waals surface area (Å²) in [6.45, 7) is 9.48. The van der Waals surface area contributed by atoms with E-state index in [2.05, 4.69) is 35.6 Å². The largest absolute Gasteiger partial charge is 0.376 e. The number of ether oxygens (including phenoxy) is 1. The van der Waals surface area contributed by atoms with Gasteiger partial charge in [-0.3, -0.25) is 0 Å². The maximum absolute atomic E-state index is 5.87. The van der Waals surface area contributed by atoms with Crippen LogP contribution in [0.3, 0.4) is 0 Å². The summed E-state index contributed by atoms with van der Waals surface area (Å²) in [5.41, 5.74) is 7.86. The van der Waals surface area contributed by atoms with Gasteiger partial charge in [-0.05, 0) is 19.8 Å². The molecule has 1 aromatic heterocycles. The van der Waals surface area contributed by atoms with Gasteiger partial charge in [0.2, 0.25) is 0 Å². The third-order valence-corrected chi connectivity index (χ3v) is 3.74. The second kappa shape index (κ2) is 6.99. The van der Waals surface area contributed by atoms with E-state index in [-0.39, 0.29) is 0 Å². The molecule has 0 radical (unpaired) electrons. The molecule has 0 amide bonds. The molecule has 2 rings (SSSR count). The van der Waals surface area contributed by atoms with E-state index in [1.807, 2.05) is 6.20 Å². The van der Waals surface area contributed by atoms with Crippen LogP contribution in [-0.4, -0.2) is 35.8 Å². The first kappa shape index (κ1) is 15.2. The molecule has 2 N–H and O–H groups in total. The Hall–Kier alpha value is -1.20. The fourth-order valence-corrected chi connectivity index (χ4v) is 2.55. The molecule has 1 unspecified atom stereocenters. The molecule has 0 bridgehead atoms. The lowest BCUT2D eigenvalue weighted by atomic mass is 10.2. The molecular weight excluding hydrogens is 252 g/mol. The van der Waals surface area contributed by atoms with E-state index in [0.717, 1.165) is 49.7 Å². The zero-order chi connectivity index (χ0) is 14.5. The van der Waals surface area contributed by atoms with E-state index >= 15 is 0 Å². The maximum atomic E-state index is 5.87. The smallest absolute Gasteiger partial charge is 0.131 e. The lowest BCUT2D eigenvalue weighted by Crippen LogP contribution is -2.33. The van der Waals surface area contributed by atoms with Crippen molar-refractivity contribution in [2.75, 3.05) is 24.6 Å². The minimum atomic E-state index is 0.322. The zero-order valence-corrected chi connectivity index (χ0v) is 12.8. The van der Waals surface area contributed by atoms with E-state index in [0.29, 0.717) is 18.6 Å². The molecule has 1 aliphatic heterocycles. The quantitative estimate of drug-likeness (QED) is 0.863. The topological polar surface area (TPSA) is 64.3 Å². The first-order valence-electron chi connectivity index (χ1n) is 7.58.